The standard InChI is InChI=1S/C25H23N7O2/c1-14(30-23-17(11-26)13-29-25(27)31-23)20-10-15-4-3-5-19(16-6-9-21(34-2)28-12-16)22(15)24(33)32(20)18-7-8-18/h3-6,9-10,12-14,18H,7-8H2,1-2H3,(H3,27,29,30,31). The van der Waals surface area contributed by atoms with Crippen LogP contribution >= 0.6 is 0 Å². The molecule has 1 aromatic carbocycles. The molecule has 3 N–H and O–H groups in total. The van der Waals surface area contributed by atoms with Gasteiger partial charge in [0.05, 0.1) is 24.7 Å². The Kier molecular flexibility index (Phi) is 5.34. The van der Waals surface area contributed by atoms with Gasteiger partial charge in [-0.25, -0.2) is 9.97 Å². The maximum absolute atomic E-state index is 13.9. The molecule has 0 bridgehead atoms. The molecular weight excluding hydrogens is 430 g/mol. The zero-order chi connectivity index (χ0) is 23.8. The van der Waals surface area contributed by atoms with E-state index in [0.29, 0.717) is 17.1 Å². The van der Waals surface area contributed by atoms with E-state index in [2.05, 4.69) is 26.3 Å². The summed E-state index contributed by atoms with van der Waals surface area (Å²) in [5, 5.41) is 14.2. The summed E-state index contributed by atoms with van der Waals surface area (Å²) < 4.78 is 7.04. The first-order chi connectivity index (χ1) is 16.5. The molecule has 1 aliphatic carbocycles. The first-order valence-corrected chi connectivity index (χ1v) is 11.0. The van der Waals surface area contributed by atoms with Gasteiger partial charge in [0.1, 0.15) is 17.5 Å². The summed E-state index contributed by atoms with van der Waals surface area (Å²) in [6.45, 7) is 1.94. The molecule has 0 amide bonds. The van der Waals surface area contributed by atoms with E-state index in [1.165, 1.54) is 6.20 Å². The molecule has 1 aliphatic rings. The monoisotopic (exact) mass is 453 g/mol. The van der Waals surface area contributed by atoms with Crippen molar-refractivity contribution in [2.45, 2.75) is 31.8 Å². The lowest BCUT2D eigenvalue weighted by atomic mass is 9.99. The minimum atomic E-state index is -0.301. The zero-order valence-electron chi connectivity index (χ0n) is 18.8. The van der Waals surface area contributed by atoms with Crippen LogP contribution in [0, 0.1) is 11.3 Å². The number of nitrogens with two attached hydrogens (primary N) is 1. The Balaban J connectivity index is 1.64. The summed E-state index contributed by atoms with van der Waals surface area (Å²) in [5.41, 5.74) is 8.48. The van der Waals surface area contributed by atoms with Crippen LogP contribution in [0.25, 0.3) is 21.9 Å². The van der Waals surface area contributed by atoms with E-state index >= 15 is 0 Å². The maximum atomic E-state index is 13.9. The number of fused-ring (bicyclic) bond motifs is 1. The summed E-state index contributed by atoms with van der Waals surface area (Å²) in [5.74, 6) is 0.934. The number of rotatable bonds is 6. The smallest absolute Gasteiger partial charge is 0.259 e. The summed E-state index contributed by atoms with van der Waals surface area (Å²) in [6.07, 6.45) is 5.00. The molecular formula is C25H23N7O2. The number of hydrogen-bond donors (Lipinski definition) is 2. The molecule has 0 saturated heterocycles. The topological polar surface area (TPSA) is 132 Å². The number of hydrogen-bond acceptors (Lipinski definition) is 8. The molecule has 1 fully saturated rings. The van der Waals surface area contributed by atoms with Gasteiger partial charge >= 0.3 is 0 Å². The van der Waals surface area contributed by atoms with Gasteiger partial charge in [-0.1, -0.05) is 18.2 Å². The van der Waals surface area contributed by atoms with Crippen molar-refractivity contribution in [2.75, 3.05) is 18.2 Å². The normalized spacial score (nSPS) is 13.9. The van der Waals surface area contributed by atoms with Crippen molar-refractivity contribution in [3.05, 3.63) is 70.4 Å². The number of nitrogens with zero attached hydrogens (tertiary/aromatic N) is 5. The number of nitrogen functional groups attached to an aromatic ring is 1. The summed E-state index contributed by atoms with van der Waals surface area (Å²) in [7, 11) is 1.57. The SMILES string of the molecule is COc1ccc(-c2cccc3cc(C(C)Nc4nc(N)ncc4C#N)n(C4CC4)c(=O)c23)cn1. The first-order valence-electron chi connectivity index (χ1n) is 11.0. The molecule has 3 aromatic heterocycles. The van der Waals surface area contributed by atoms with Crippen molar-refractivity contribution >= 4 is 22.5 Å². The maximum Gasteiger partial charge on any atom is 0.259 e. The molecule has 1 saturated carbocycles. The van der Waals surface area contributed by atoms with Gasteiger partial charge in [-0.3, -0.25) is 4.79 Å². The van der Waals surface area contributed by atoms with Gasteiger partial charge in [-0.05, 0) is 42.8 Å². The summed E-state index contributed by atoms with van der Waals surface area (Å²) in [4.78, 5) is 26.2. The minimum Gasteiger partial charge on any atom is -0.481 e. The van der Waals surface area contributed by atoms with Crippen LogP contribution in [0.4, 0.5) is 11.8 Å². The van der Waals surface area contributed by atoms with Crippen molar-refractivity contribution < 1.29 is 4.74 Å². The fourth-order valence-corrected chi connectivity index (χ4v) is 4.21. The predicted octanol–water partition coefficient (Wildman–Crippen LogP) is 3.82. The van der Waals surface area contributed by atoms with Crippen LogP contribution in [0.2, 0.25) is 0 Å². The van der Waals surface area contributed by atoms with Gasteiger partial charge in [0.2, 0.25) is 11.8 Å². The van der Waals surface area contributed by atoms with E-state index < -0.39 is 0 Å². The van der Waals surface area contributed by atoms with E-state index in [4.69, 9.17) is 10.5 Å². The second kappa shape index (κ2) is 8.48. The highest BCUT2D eigenvalue weighted by Gasteiger charge is 2.30. The van der Waals surface area contributed by atoms with Crippen LogP contribution in [-0.4, -0.2) is 26.6 Å². The van der Waals surface area contributed by atoms with Crippen molar-refractivity contribution in [1.29, 1.82) is 5.26 Å². The Bertz CT molecular complexity index is 1480. The molecule has 4 aromatic rings. The summed E-state index contributed by atoms with van der Waals surface area (Å²) >= 11 is 0. The van der Waals surface area contributed by atoms with Crippen LogP contribution in [0.1, 0.15) is 43.1 Å². The fraction of sp³-hybridized carbons (Fsp3) is 0.240. The number of methoxy groups -OCH3 is 1. The molecule has 0 radical (unpaired) electrons. The van der Waals surface area contributed by atoms with E-state index in [0.717, 1.165) is 35.0 Å². The van der Waals surface area contributed by atoms with Crippen LogP contribution in [0.15, 0.2) is 53.6 Å². The molecule has 9 heteroatoms. The predicted molar refractivity (Wildman–Crippen MR) is 129 cm³/mol. The lowest BCUT2D eigenvalue weighted by Crippen LogP contribution is -2.26. The average Bonchev–Trinajstić information content (AvgIpc) is 3.69. The number of ether oxygens (including phenoxy) is 1. The van der Waals surface area contributed by atoms with E-state index in [1.54, 1.807) is 19.4 Å². The molecule has 0 spiro atoms. The molecule has 0 aliphatic heterocycles. The molecule has 170 valence electrons. The second-order valence-corrected chi connectivity index (χ2v) is 8.30. The van der Waals surface area contributed by atoms with Crippen molar-refractivity contribution in [3.8, 4) is 23.1 Å². The lowest BCUT2D eigenvalue weighted by Gasteiger charge is -2.22. The quantitative estimate of drug-likeness (QED) is 0.450. The average molecular weight is 454 g/mol. The number of anilines is 2. The Morgan fingerprint density at radius 2 is 2.06 bits per heavy atom. The highest BCUT2D eigenvalue weighted by atomic mass is 16.5. The third-order valence-electron chi connectivity index (χ3n) is 6.00. The fourth-order valence-electron chi connectivity index (χ4n) is 4.21. The van der Waals surface area contributed by atoms with Gasteiger partial charge < -0.3 is 20.4 Å². The van der Waals surface area contributed by atoms with E-state index in [-0.39, 0.29) is 29.2 Å². The number of pyridine rings is 2. The Labute approximate surface area is 195 Å². The molecule has 34 heavy (non-hydrogen) atoms. The van der Waals surface area contributed by atoms with Gasteiger partial charge in [-0.15, -0.1) is 0 Å². The number of nitriles is 1. The van der Waals surface area contributed by atoms with Crippen molar-refractivity contribution in [3.63, 3.8) is 0 Å². The third kappa shape index (κ3) is 3.79. The Morgan fingerprint density at radius 1 is 1.24 bits per heavy atom. The van der Waals surface area contributed by atoms with Gasteiger partial charge in [-0.2, -0.15) is 10.2 Å². The molecule has 9 nitrogen and oxygen atoms in total. The molecule has 1 atom stereocenters. The number of aromatic nitrogens is 4. The largest absolute Gasteiger partial charge is 0.481 e. The van der Waals surface area contributed by atoms with Crippen LogP contribution in [0.5, 0.6) is 5.88 Å². The third-order valence-corrected chi connectivity index (χ3v) is 6.00. The Morgan fingerprint density at radius 3 is 2.74 bits per heavy atom. The summed E-state index contributed by atoms with van der Waals surface area (Å²) in [6, 6.07) is 13.5. The molecule has 3 heterocycles. The second-order valence-electron chi connectivity index (χ2n) is 8.30. The Hall–Kier alpha value is -4.45. The van der Waals surface area contributed by atoms with Gasteiger partial charge in [0, 0.05) is 29.6 Å². The van der Waals surface area contributed by atoms with Gasteiger partial charge in [0.15, 0.2) is 0 Å². The van der Waals surface area contributed by atoms with Crippen LogP contribution in [-0.2, 0) is 0 Å². The van der Waals surface area contributed by atoms with Crippen molar-refractivity contribution in [2.24, 2.45) is 0 Å². The minimum absolute atomic E-state index is 0.0437. The van der Waals surface area contributed by atoms with E-state index in [9.17, 15) is 10.1 Å². The van der Waals surface area contributed by atoms with Crippen LogP contribution < -0.4 is 21.3 Å². The molecule has 1 unspecified atom stereocenters. The first kappa shape index (κ1) is 21.4. The van der Waals surface area contributed by atoms with Crippen LogP contribution in [0.3, 0.4) is 0 Å². The van der Waals surface area contributed by atoms with Crippen molar-refractivity contribution in [1.82, 2.24) is 19.5 Å². The number of benzene rings is 1. The number of nitrogens with one attached hydrogen (secondary N) is 1. The van der Waals surface area contributed by atoms with E-state index in [1.807, 2.05) is 41.8 Å². The highest BCUT2D eigenvalue weighted by molar-refractivity contribution is 5.96. The lowest BCUT2D eigenvalue weighted by molar-refractivity contribution is 0.398. The molecule has 5 rings (SSSR count). The van der Waals surface area contributed by atoms with Gasteiger partial charge in [0.25, 0.3) is 5.56 Å². The zero-order valence-corrected chi connectivity index (χ0v) is 18.8. The highest BCUT2D eigenvalue weighted by Crippen LogP contribution is 2.38.